The van der Waals surface area contributed by atoms with Crippen molar-refractivity contribution in [2.45, 2.75) is 31.0 Å². The molecule has 0 amide bonds. The molecule has 1 aliphatic rings. The van der Waals surface area contributed by atoms with Crippen LogP contribution in [0.15, 0.2) is 18.2 Å². The monoisotopic (exact) mass is 284 g/mol. The highest BCUT2D eigenvalue weighted by Gasteiger charge is 2.43. The van der Waals surface area contributed by atoms with Gasteiger partial charge in [0.2, 0.25) is 0 Å². The van der Waals surface area contributed by atoms with Gasteiger partial charge in [0, 0.05) is 5.69 Å². The summed E-state index contributed by atoms with van der Waals surface area (Å²) in [5.74, 6) is -1.44. The van der Waals surface area contributed by atoms with Crippen molar-refractivity contribution in [2.24, 2.45) is 0 Å². The van der Waals surface area contributed by atoms with Crippen molar-refractivity contribution < 1.29 is 23.1 Å². The van der Waals surface area contributed by atoms with Gasteiger partial charge < -0.3 is 10.4 Å². The Morgan fingerprint density at radius 2 is 2.10 bits per heavy atom. The molecule has 1 saturated carbocycles. The first-order valence-electron chi connectivity index (χ1n) is 5.87. The number of anilines is 1. The van der Waals surface area contributed by atoms with Crippen LogP contribution in [0.3, 0.4) is 0 Å². The zero-order valence-electron chi connectivity index (χ0n) is 10.3. The molecule has 1 aliphatic carbocycles. The lowest BCUT2D eigenvalue weighted by molar-refractivity contribution is -0.137. The number of nitrogens with zero attached hydrogens (tertiary/aromatic N) is 1. The third-order valence-corrected chi connectivity index (χ3v) is 3.25. The minimum Gasteiger partial charge on any atom is -0.478 e. The molecule has 0 aliphatic heterocycles. The van der Waals surface area contributed by atoms with Crippen LogP contribution in [0.1, 0.15) is 35.2 Å². The number of hydrogen-bond donors (Lipinski definition) is 2. The number of carboxylic acids is 1. The van der Waals surface area contributed by atoms with E-state index in [9.17, 15) is 18.0 Å². The number of aromatic carboxylic acids is 1. The lowest BCUT2D eigenvalue weighted by Gasteiger charge is -2.18. The summed E-state index contributed by atoms with van der Waals surface area (Å²) >= 11 is 0. The second-order valence-electron chi connectivity index (χ2n) is 4.80. The second-order valence-corrected chi connectivity index (χ2v) is 4.80. The first-order valence-corrected chi connectivity index (χ1v) is 5.87. The van der Waals surface area contributed by atoms with Gasteiger partial charge in [-0.15, -0.1) is 0 Å². The molecule has 4 nitrogen and oxygen atoms in total. The molecular formula is C13H11F3N2O2. The third-order valence-electron chi connectivity index (χ3n) is 3.25. The molecule has 0 atom stereocenters. The lowest BCUT2D eigenvalue weighted by atomic mass is 10.1. The van der Waals surface area contributed by atoms with Crippen molar-refractivity contribution >= 4 is 11.7 Å². The Bertz CT molecular complexity index is 586. The predicted molar refractivity (Wildman–Crippen MR) is 64.2 cm³/mol. The minimum absolute atomic E-state index is 0.109. The number of nitriles is 1. The Balaban J connectivity index is 2.34. The molecule has 2 rings (SSSR count). The van der Waals surface area contributed by atoms with Crippen molar-refractivity contribution in [3.63, 3.8) is 0 Å². The maximum atomic E-state index is 12.6. The molecule has 1 fully saturated rings. The highest BCUT2D eigenvalue weighted by atomic mass is 19.4. The summed E-state index contributed by atoms with van der Waals surface area (Å²) in [4.78, 5) is 11.1. The van der Waals surface area contributed by atoms with E-state index in [0.717, 1.165) is 12.1 Å². The van der Waals surface area contributed by atoms with E-state index in [1.807, 2.05) is 6.07 Å². The van der Waals surface area contributed by atoms with E-state index in [0.29, 0.717) is 18.9 Å². The van der Waals surface area contributed by atoms with Crippen LogP contribution in [0.25, 0.3) is 0 Å². The summed E-state index contributed by atoms with van der Waals surface area (Å²) in [6, 6.07) is 4.52. The summed E-state index contributed by atoms with van der Waals surface area (Å²) in [5.41, 5.74) is -1.84. The number of carbonyl (C=O) groups is 1. The molecule has 0 spiro atoms. The SMILES string of the molecule is N#CCC1(Nc2ccc(C(F)(F)F)cc2C(=O)O)CC1. The molecule has 1 aromatic rings. The minimum atomic E-state index is -4.59. The van der Waals surface area contributed by atoms with Crippen LogP contribution in [-0.2, 0) is 6.18 Å². The van der Waals surface area contributed by atoms with E-state index in [4.69, 9.17) is 10.4 Å². The van der Waals surface area contributed by atoms with Gasteiger partial charge in [-0.05, 0) is 31.0 Å². The van der Waals surface area contributed by atoms with E-state index >= 15 is 0 Å². The van der Waals surface area contributed by atoms with Crippen molar-refractivity contribution in [3.8, 4) is 6.07 Å². The molecule has 20 heavy (non-hydrogen) atoms. The van der Waals surface area contributed by atoms with Crippen LogP contribution < -0.4 is 5.32 Å². The molecule has 0 unspecified atom stereocenters. The maximum absolute atomic E-state index is 12.6. The van der Waals surface area contributed by atoms with Crippen molar-refractivity contribution in [1.82, 2.24) is 0 Å². The number of benzene rings is 1. The van der Waals surface area contributed by atoms with Crippen LogP contribution in [0, 0.1) is 11.3 Å². The fourth-order valence-electron chi connectivity index (χ4n) is 1.94. The van der Waals surface area contributed by atoms with Crippen LogP contribution >= 0.6 is 0 Å². The van der Waals surface area contributed by atoms with E-state index in [2.05, 4.69) is 5.32 Å². The summed E-state index contributed by atoms with van der Waals surface area (Å²) in [5, 5.41) is 20.6. The summed E-state index contributed by atoms with van der Waals surface area (Å²) in [6.07, 6.45) is -3.01. The standard InChI is InChI=1S/C13H11F3N2O2/c14-13(15,16)8-1-2-10(9(7-8)11(19)20)18-12(3-4-12)5-6-17/h1-2,7,18H,3-5H2,(H,19,20). The molecule has 0 heterocycles. The number of alkyl halides is 3. The van der Waals surface area contributed by atoms with Crippen molar-refractivity contribution in [1.29, 1.82) is 5.26 Å². The number of rotatable bonds is 4. The van der Waals surface area contributed by atoms with Crippen molar-refractivity contribution in [2.75, 3.05) is 5.32 Å². The van der Waals surface area contributed by atoms with Crippen LogP contribution in [0.2, 0.25) is 0 Å². The Hall–Kier alpha value is -2.23. The zero-order chi connectivity index (χ0) is 15.0. The van der Waals surface area contributed by atoms with Gasteiger partial charge in [-0.2, -0.15) is 18.4 Å². The van der Waals surface area contributed by atoms with Gasteiger partial charge >= 0.3 is 12.1 Å². The predicted octanol–water partition coefficient (Wildman–Crippen LogP) is 3.26. The molecule has 1 aromatic carbocycles. The molecular weight excluding hydrogens is 273 g/mol. The number of halogens is 3. The zero-order valence-corrected chi connectivity index (χ0v) is 10.3. The Morgan fingerprint density at radius 3 is 2.55 bits per heavy atom. The normalized spacial score (nSPS) is 16.3. The van der Waals surface area contributed by atoms with Gasteiger partial charge in [0.15, 0.2) is 0 Å². The number of hydrogen-bond acceptors (Lipinski definition) is 3. The lowest BCUT2D eigenvalue weighted by Crippen LogP contribution is -2.22. The molecule has 0 aromatic heterocycles. The average molecular weight is 284 g/mol. The van der Waals surface area contributed by atoms with E-state index in [-0.39, 0.29) is 12.1 Å². The second kappa shape index (κ2) is 4.71. The molecule has 106 valence electrons. The van der Waals surface area contributed by atoms with E-state index in [1.165, 1.54) is 0 Å². The van der Waals surface area contributed by atoms with Crippen LogP contribution in [-0.4, -0.2) is 16.6 Å². The summed E-state index contributed by atoms with van der Waals surface area (Å²) < 4.78 is 37.7. The quantitative estimate of drug-likeness (QED) is 0.890. The van der Waals surface area contributed by atoms with E-state index in [1.54, 1.807) is 0 Å². The topological polar surface area (TPSA) is 73.1 Å². The van der Waals surface area contributed by atoms with E-state index < -0.39 is 28.8 Å². The molecule has 0 saturated heterocycles. The highest BCUT2D eigenvalue weighted by molar-refractivity contribution is 5.94. The van der Waals surface area contributed by atoms with Gasteiger partial charge in [0.05, 0.1) is 29.2 Å². The summed E-state index contributed by atoms with van der Waals surface area (Å²) in [7, 11) is 0. The highest BCUT2D eigenvalue weighted by Crippen LogP contribution is 2.43. The number of carboxylic acid groups (broad SMARTS) is 1. The van der Waals surface area contributed by atoms with Gasteiger partial charge in [-0.25, -0.2) is 4.79 Å². The Kier molecular flexibility index (Phi) is 3.34. The van der Waals surface area contributed by atoms with Crippen LogP contribution in [0.4, 0.5) is 18.9 Å². The molecule has 0 radical (unpaired) electrons. The van der Waals surface area contributed by atoms with Gasteiger partial charge in [-0.3, -0.25) is 0 Å². The average Bonchev–Trinajstić information content (AvgIpc) is 3.08. The van der Waals surface area contributed by atoms with Crippen molar-refractivity contribution in [3.05, 3.63) is 29.3 Å². The van der Waals surface area contributed by atoms with Gasteiger partial charge in [0.1, 0.15) is 0 Å². The van der Waals surface area contributed by atoms with Gasteiger partial charge in [-0.1, -0.05) is 0 Å². The summed E-state index contributed by atoms with van der Waals surface area (Å²) in [6.45, 7) is 0. The first-order chi connectivity index (χ1) is 9.27. The Labute approximate surface area is 112 Å². The molecule has 0 bridgehead atoms. The smallest absolute Gasteiger partial charge is 0.416 e. The molecule has 2 N–H and O–H groups in total. The third kappa shape index (κ3) is 2.85. The number of nitrogens with one attached hydrogen (secondary N) is 1. The van der Waals surface area contributed by atoms with Crippen LogP contribution in [0.5, 0.6) is 0 Å². The largest absolute Gasteiger partial charge is 0.478 e. The van der Waals surface area contributed by atoms with Gasteiger partial charge in [0.25, 0.3) is 0 Å². The molecule has 7 heteroatoms. The fraction of sp³-hybridized carbons (Fsp3) is 0.385. The fourth-order valence-corrected chi connectivity index (χ4v) is 1.94. The first kappa shape index (κ1) is 14.2. The maximum Gasteiger partial charge on any atom is 0.416 e. The Morgan fingerprint density at radius 1 is 1.45 bits per heavy atom.